The molecule has 0 saturated carbocycles. The number of amides is 2. The molecule has 1 aromatic heterocycles. The van der Waals surface area contributed by atoms with Crippen molar-refractivity contribution in [2.45, 2.75) is 40.0 Å². The molecule has 1 aromatic carbocycles. The lowest BCUT2D eigenvalue weighted by Gasteiger charge is -2.17. The van der Waals surface area contributed by atoms with E-state index in [0.29, 0.717) is 41.5 Å². The van der Waals surface area contributed by atoms with Crippen LogP contribution in [-0.2, 0) is 36.7 Å². The van der Waals surface area contributed by atoms with Crippen molar-refractivity contribution in [1.82, 2.24) is 0 Å². The van der Waals surface area contributed by atoms with Crippen LogP contribution in [0.2, 0.25) is 0 Å². The van der Waals surface area contributed by atoms with Gasteiger partial charge >= 0.3 is 11.9 Å². The molecule has 0 spiro atoms. The Morgan fingerprint density at radius 3 is 2.68 bits per heavy atom. The highest BCUT2D eigenvalue weighted by molar-refractivity contribution is 7.15. The molecular formula is C24H28N2O7S. The Kier molecular flexibility index (Phi) is 8.64. The van der Waals surface area contributed by atoms with Crippen molar-refractivity contribution in [3.05, 3.63) is 40.3 Å². The van der Waals surface area contributed by atoms with Gasteiger partial charge in [0.2, 0.25) is 5.91 Å². The van der Waals surface area contributed by atoms with Crippen molar-refractivity contribution in [3.63, 3.8) is 0 Å². The minimum atomic E-state index is -0.710. The van der Waals surface area contributed by atoms with E-state index in [4.69, 9.17) is 14.2 Å². The molecule has 3 rings (SSSR count). The number of thiophene rings is 1. The maximum absolute atomic E-state index is 12.4. The summed E-state index contributed by atoms with van der Waals surface area (Å²) in [5, 5.41) is 7.60. The quantitative estimate of drug-likeness (QED) is 0.491. The summed E-state index contributed by atoms with van der Waals surface area (Å²) in [6, 6.07) is 5.13. The molecule has 2 N–H and O–H groups in total. The summed E-state index contributed by atoms with van der Waals surface area (Å²) in [7, 11) is 0. The molecule has 0 fully saturated rings. The summed E-state index contributed by atoms with van der Waals surface area (Å²) >= 11 is 1.23. The predicted molar refractivity (Wildman–Crippen MR) is 127 cm³/mol. The zero-order valence-electron chi connectivity index (χ0n) is 19.4. The number of anilines is 2. The number of benzene rings is 1. The molecule has 10 heteroatoms. The predicted octanol–water partition coefficient (Wildman–Crippen LogP) is 3.57. The van der Waals surface area contributed by atoms with Crippen molar-refractivity contribution in [2.24, 2.45) is 5.92 Å². The van der Waals surface area contributed by atoms with Crippen LogP contribution in [0.1, 0.15) is 48.7 Å². The summed E-state index contributed by atoms with van der Waals surface area (Å²) in [6.45, 7) is 5.12. The standard InChI is InChI=1S/C24H28N2O7S/c1-4-31-24(30)22-16(9-14(2)3)13-34-23(22)26-20(28)11-33-21(29)12-32-17-6-7-18-15(10-17)5-8-19(27)25-18/h6-7,10,13-14H,4-5,8-9,11-12H2,1-3H3,(H,25,27)(H,26,28). The molecule has 0 aliphatic carbocycles. The fraction of sp³-hybridized carbons (Fsp3) is 0.417. The number of hydrogen-bond acceptors (Lipinski definition) is 8. The highest BCUT2D eigenvalue weighted by Gasteiger charge is 2.23. The lowest BCUT2D eigenvalue weighted by molar-refractivity contribution is -0.149. The van der Waals surface area contributed by atoms with Gasteiger partial charge in [-0.05, 0) is 60.4 Å². The van der Waals surface area contributed by atoms with Crippen LogP contribution in [0, 0.1) is 5.92 Å². The Morgan fingerprint density at radius 1 is 1.15 bits per heavy atom. The molecule has 9 nitrogen and oxygen atoms in total. The van der Waals surface area contributed by atoms with Crippen LogP contribution >= 0.6 is 11.3 Å². The third kappa shape index (κ3) is 6.80. The van der Waals surface area contributed by atoms with Crippen LogP contribution in [0.25, 0.3) is 0 Å². The first-order valence-corrected chi connectivity index (χ1v) is 11.9. The van der Waals surface area contributed by atoms with E-state index in [1.165, 1.54) is 11.3 Å². The smallest absolute Gasteiger partial charge is 0.344 e. The first-order chi connectivity index (χ1) is 16.3. The lowest BCUT2D eigenvalue weighted by Crippen LogP contribution is -2.24. The van der Waals surface area contributed by atoms with Gasteiger partial charge < -0.3 is 24.8 Å². The first kappa shape index (κ1) is 25.2. The Balaban J connectivity index is 1.51. The van der Waals surface area contributed by atoms with Crippen LogP contribution in [0.4, 0.5) is 10.7 Å². The molecule has 0 saturated heterocycles. The van der Waals surface area contributed by atoms with Crippen LogP contribution in [-0.4, -0.2) is 43.6 Å². The Morgan fingerprint density at radius 2 is 1.94 bits per heavy atom. The Hall–Kier alpha value is -3.40. The van der Waals surface area contributed by atoms with Crippen LogP contribution in [0.3, 0.4) is 0 Å². The fourth-order valence-electron chi connectivity index (χ4n) is 3.44. The SMILES string of the molecule is CCOC(=O)c1c(CC(C)C)csc1NC(=O)COC(=O)COc1ccc2c(c1)CCC(=O)N2. The Labute approximate surface area is 201 Å². The number of hydrogen-bond donors (Lipinski definition) is 2. The number of nitrogens with one attached hydrogen (secondary N) is 2. The molecule has 2 amide bonds. The largest absolute Gasteiger partial charge is 0.482 e. The van der Waals surface area contributed by atoms with E-state index < -0.39 is 24.5 Å². The van der Waals surface area contributed by atoms with Crippen molar-refractivity contribution in [2.75, 3.05) is 30.5 Å². The molecule has 0 atom stereocenters. The van der Waals surface area contributed by atoms with Gasteiger partial charge in [0.15, 0.2) is 13.2 Å². The number of rotatable bonds is 10. The average molecular weight is 489 g/mol. The van der Waals surface area contributed by atoms with Gasteiger partial charge in [0.1, 0.15) is 10.8 Å². The molecule has 0 bridgehead atoms. The zero-order valence-corrected chi connectivity index (χ0v) is 20.2. The lowest BCUT2D eigenvalue weighted by atomic mass is 10.0. The maximum atomic E-state index is 12.4. The molecule has 1 aliphatic heterocycles. The summed E-state index contributed by atoms with van der Waals surface area (Å²) in [4.78, 5) is 48.2. The first-order valence-electron chi connectivity index (χ1n) is 11.0. The van der Waals surface area contributed by atoms with Gasteiger partial charge in [-0.1, -0.05) is 13.8 Å². The van der Waals surface area contributed by atoms with Gasteiger partial charge in [-0.25, -0.2) is 9.59 Å². The highest BCUT2D eigenvalue weighted by Crippen LogP contribution is 2.31. The molecule has 0 radical (unpaired) electrons. The number of ether oxygens (including phenoxy) is 3. The molecule has 182 valence electrons. The third-order valence-corrected chi connectivity index (χ3v) is 5.87. The van der Waals surface area contributed by atoms with Crippen LogP contribution in [0.5, 0.6) is 5.75 Å². The second kappa shape index (κ2) is 11.6. The van der Waals surface area contributed by atoms with Crippen LogP contribution in [0.15, 0.2) is 23.6 Å². The number of esters is 2. The van der Waals surface area contributed by atoms with E-state index >= 15 is 0 Å². The molecular weight excluding hydrogens is 460 g/mol. The minimum Gasteiger partial charge on any atom is -0.482 e. The van der Waals surface area contributed by atoms with E-state index in [1.807, 2.05) is 19.2 Å². The zero-order chi connectivity index (χ0) is 24.7. The monoisotopic (exact) mass is 488 g/mol. The molecule has 0 unspecified atom stereocenters. The summed E-state index contributed by atoms with van der Waals surface area (Å²) < 4.78 is 15.6. The van der Waals surface area contributed by atoms with Crippen molar-refractivity contribution in [3.8, 4) is 5.75 Å². The van der Waals surface area contributed by atoms with Crippen molar-refractivity contribution in [1.29, 1.82) is 0 Å². The van der Waals surface area contributed by atoms with Crippen molar-refractivity contribution < 1.29 is 33.4 Å². The average Bonchev–Trinajstić information content (AvgIpc) is 3.17. The summed E-state index contributed by atoms with van der Waals surface area (Å²) in [5.41, 5.74) is 2.81. The summed E-state index contributed by atoms with van der Waals surface area (Å²) in [6.07, 6.45) is 1.66. The van der Waals surface area contributed by atoms with E-state index in [0.717, 1.165) is 16.8 Å². The fourth-order valence-corrected chi connectivity index (χ4v) is 4.42. The van der Waals surface area contributed by atoms with Gasteiger partial charge in [0.05, 0.1) is 12.2 Å². The molecule has 34 heavy (non-hydrogen) atoms. The second-order valence-electron chi connectivity index (χ2n) is 8.15. The summed E-state index contributed by atoms with van der Waals surface area (Å²) in [5.74, 6) is -1.02. The molecule has 1 aliphatic rings. The van der Waals surface area contributed by atoms with Gasteiger partial charge in [-0.2, -0.15) is 0 Å². The van der Waals surface area contributed by atoms with Gasteiger partial charge in [0.25, 0.3) is 5.91 Å². The topological polar surface area (TPSA) is 120 Å². The van der Waals surface area contributed by atoms with E-state index in [9.17, 15) is 19.2 Å². The number of aryl methyl sites for hydroxylation is 1. The van der Waals surface area contributed by atoms with Gasteiger partial charge in [-0.15, -0.1) is 11.3 Å². The Bertz CT molecular complexity index is 1080. The van der Waals surface area contributed by atoms with Crippen LogP contribution < -0.4 is 15.4 Å². The second-order valence-corrected chi connectivity index (χ2v) is 9.03. The van der Waals surface area contributed by atoms with E-state index in [2.05, 4.69) is 10.6 Å². The number of fused-ring (bicyclic) bond motifs is 1. The van der Waals surface area contributed by atoms with Crippen molar-refractivity contribution >= 4 is 45.8 Å². The van der Waals surface area contributed by atoms with Gasteiger partial charge in [-0.3, -0.25) is 9.59 Å². The highest BCUT2D eigenvalue weighted by atomic mass is 32.1. The maximum Gasteiger partial charge on any atom is 0.344 e. The van der Waals surface area contributed by atoms with Gasteiger partial charge in [0, 0.05) is 12.1 Å². The molecule has 2 aromatic rings. The van der Waals surface area contributed by atoms with E-state index in [-0.39, 0.29) is 19.1 Å². The van der Waals surface area contributed by atoms with E-state index in [1.54, 1.807) is 25.1 Å². The molecule has 2 heterocycles. The number of carbonyl (C=O) groups is 4. The minimum absolute atomic E-state index is 0.0314. The third-order valence-electron chi connectivity index (χ3n) is 4.92. The number of carbonyl (C=O) groups excluding carboxylic acids is 4. The normalized spacial score (nSPS) is 12.5.